The third-order valence-electron chi connectivity index (χ3n) is 1.05. The van der Waals surface area contributed by atoms with E-state index in [2.05, 4.69) is 0 Å². The Bertz CT molecular complexity index is 241. The lowest BCUT2D eigenvalue weighted by atomic mass is 10.3. The minimum Gasteiger partial charge on any atom is -0.291 e. The largest absolute Gasteiger partial charge is 0.291 e. The predicted octanol–water partition coefficient (Wildman–Crippen LogP) is 2.28. The van der Waals surface area contributed by atoms with E-state index in [0.717, 1.165) is 6.07 Å². The summed E-state index contributed by atoms with van der Waals surface area (Å²) in [4.78, 5) is 0. The molecule has 0 aliphatic rings. The third-order valence-corrected chi connectivity index (χ3v) is 1.29. The molecule has 0 aromatic heterocycles. The Morgan fingerprint density at radius 3 is 2.70 bits per heavy atom. The zero-order valence-electron chi connectivity index (χ0n) is 4.94. The van der Waals surface area contributed by atoms with E-state index in [1.54, 1.807) is 5.48 Å². The van der Waals surface area contributed by atoms with Gasteiger partial charge in [-0.1, -0.05) is 11.6 Å². The first kappa shape index (κ1) is 7.31. The molecule has 0 atom stereocenters. The Morgan fingerprint density at radius 1 is 1.50 bits per heavy atom. The van der Waals surface area contributed by atoms with Gasteiger partial charge >= 0.3 is 0 Å². The molecule has 0 spiro atoms. The first-order chi connectivity index (χ1) is 4.74. The summed E-state index contributed by atoms with van der Waals surface area (Å²) in [7, 11) is 0. The van der Waals surface area contributed by atoms with Crippen LogP contribution in [0.2, 0.25) is 5.02 Å². The molecule has 4 heteroatoms. The van der Waals surface area contributed by atoms with Gasteiger partial charge in [-0.25, -0.2) is 4.39 Å². The van der Waals surface area contributed by atoms with Gasteiger partial charge in [-0.05, 0) is 18.2 Å². The van der Waals surface area contributed by atoms with Crippen LogP contribution in [0.4, 0.5) is 10.1 Å². The summed E-state index contributed by atoms with van der Waals surface area (Å²) in [5.74, 6) is -0.574. The average Bonchev–Trinajstić information content (AvgIpc) is 1.88. The van der Waals surface area contributed by atoms with Crippen molar-refractivity contribution in [1.82, 2.24) is 0 Å². The molecule has 1 aromatic carbocycles. The summed E-state index contributed by atoms with van der Waals surface area (Å²) in [6, 6.07) is 3.93. The molecule has 0 heterocycles. The quantitative estimate of drug-likeness (QED) is 0.620. The number of halogens is 2. The highest BCUT2D eigenvalue weighted by Crippen LogP contribution is 2.17. The van der Waals surface area contributed by atoms with Crippen molar-refractivity contribution >= 4 is 17.3 Å². The highest BCUT2D eigenvalue weighted by molar-refractivity contribution is 6.30. The molecule has 0 bridgehead atoms. The number of benzene rings is 1. The maximum Gasteiger partial charge on any atom is 0.150 e. The highest BCUT2D eigenvalue weighted by Gasteiger charge is 1.99. The summed E-state index contributed by atoms with van der Waals surface area (Å²) >= 11 is 5.42. The second kappa shape index (κ2) is 2.86. The summed E-state index contributed by atoms with van der Waals surface area (Å²) in [5.41, 5.74) is 1.71. The molecule has 0 aliphatic heterocycles. The van der Waals surface area contributed by atoms with E-state index in [1.165, 1.54) is 12.1 Å². The molecule has 0 aliphatic carbocycles. The predicted molar refractivity (Wildman–Crippen MR) is 36.8 cm³/mol. The van der Waals surface area contributed by atoms with E-state index in [0.29, 0.717) is 5.02 Å². The van der Waals surface area contributed by atoms with Crippen LogP contribution in [0.25, 0.3) is 0 Å². The molecule has 0 saturated carbocycles. The van der Waals surface area contributed by atoms with Gasteiger partial charge in [0, 0.05) is 5.02 Å². The Morgan fingerprint density at radius 2 is 2.20 bits per heavy atom. The standard InChI is InChI=1S/C6H5ClFNO/c7-4-1-2-6(9-10)5(8)3-4/h1-3,9-10H. The van der Waals surface area contributed by atoms with Crippen LogP contribution in [0.5, 0.6) is 0 Å². The van der Waals surface area contributed by atoms with E-state index in [1.807, 2.05) is 0 Å². The molecule has 2 nitrogen and oxygen atoms in total. The summed E-state index contributed by atoms with van der Waals surface area (Å²) in [5, 5.41) is 8.58. The minimum atomic E-state index is -0.574. The van der Waals surface area contributed by atoms with Crippen LogP contribution >= 0.6 is 11.6 Å². The summed E-state index contributed by atoms with van der Waals surface area (Å²) < 4.78 is 12.5. The second-order valence-corrected chi connectivity index (χ2v) is 2.17. The fourth-order valence-electron chi connectivity index (χ4n) is 0.580. The smallest absolute Gasteiger partial charge is 0.150 e. The van der Waals surface area contributed by atoms with Crippen LogP contribution in [0.3, 0.4) is 0 Å². The third kappa shape index (κ3) is 1.37. The molecule has 0 saturated heterocycles. The van der Waals surface area contributed by atoms with Gasteiger partial charge in [0.15, 0.2) is 0 Å². The molecule has 10 heavy (non-hydrogen) atoms. The van der Waals surface area contributed by atoms with Crippen LogP contribution in [-0.2, 0) is 0 Å². The number of nitrogens with one attached hydrogen (secondary N) is 1. The average molecular weight is 162 g/mol. The van der Waals surface area contributed by atoms with Crippen molar-refractivity contribution in [1.29, 1.82) is 0 Å². The van der Waals surface area contributed by atoms with E-state index >= 15 is 0 Å². The highest BCUT2D eigenvalue weighted by atomic mass is 35.5. The molecule has 0 radical (unpaired) electrons. The van der Waals surface area contributed by atoms with Crippen molar-refractivity contribution in [2.45, 2.75) is 0 Å². The summed E-state index contributed by atoms with van der Waals surface area (Å²) in [6.07, 6.45) is 0. The molecule has 0 amide bonds. The zero-order valence-corrected chi connectivity index (χ0v) is 5.69. The van der Waals surface area contributed by atoms with Crippen LogP contribution in [0.15, 0.2) is 18.2 Å². The van der Waals surface area contributed by atoms with Crippen LogP contribution < -0.4 is 5.48 Å². The Kier molecular flexibility index (Phi) is 2.09. The van der Waals surface area contributed by atoms with Gasteiger partial charge < -0.3 is 0 Å². The maximum atomic E-state index is 12.5. The van der Waals surface area contributed by atoms with Gasteiger partial charge in [-0.15, -0.1) is 0 Å². The van der Waals surface area contributed by atoms with Crippen molar-refractivity contribution in [3.63, 3.8) is 0 Å². The molecule has 2 N–H and O–H groups in total. The van der Waals surface area contributed by atoms with Gasteiger partial charge in [0.2, 0.25) is 0 Å². The van der Waals surface area contributed by atoms with E-state index < -0.39 is 5.82 Å². The lowest BCUT2D eigenvalue weighted by Gasteiger charge is -1.98. The topological polar surface area (TPSA) is 32.3 Å². The molecular weight excluding hydrogens is 157 g/mol. The van der Waals surface area contributed by atoms with E-state index in [-0.39, 0.29) is 5.69 Å². The SMILES string of the molecule is ONc1ccc(Cl)cc1F. The van der Waals surface area contributed by atoms with Crippen LogP contribution in [-0.4, -0.2) is 5.21 Å². The van der Waals surface area contributed by atoms with Crippen LogP contribution in [0, 0.1) is 5.82 Å². The second-order valence-electron chi connectivity index (χ2n) is 1.74. The lowest BCUT2D eigenvalue weighted by Crippen LogP contribution is -1.91. The first-order valence-corrected chi connectivity index (χ1v) is 2.97. The molecule has 1 aromatic rings. The molecule has 1 rings (SSSR count). The van der Waals surface area contributed by atoms with Crippen molar-refractivity contribution in [3.8, 4) is 0 Å². The number of anilines is 1. The lowest BCUT2D eigenvalue weighted by molar-refractivity contribution is 0.384. The van der Waals surface area contributed by atoms with Crippen molar-refractivity contribution in [3.05, 3.63) is 29.0 Å². The van der Waals surface area contributed by atoms with Crippen LogP contribution in [0.1, 0.15) is 0 Å². The van der Waals surface area contributed by atoms with Crippen molar-refractivity contribution in [2.75, 3.05) is 5.48 Å². The molecule has 54 valence electrons. The van der Waals surface area contributed by atoms with Crippen molar-refractivity contribution in [2.24, 2.45) is 0 Å². The molecular formula is C6H5ClFNO. The van der Waals surface area contributed by atoms with Gasteiger partial charge in [-0.3, -0.25) is 10.7 Å². The van der Waals surface area contributed by atoms with E-state index in [4.69, 9.17) is 16.8 Å². The monoisotopic (exact) mass is 161 g/mol. The van der Waals surface area contributed by atoms with Gasteiger partial charge in [-0.2, -0.15) is 0 Å². The fraction of sp³-hybridized carbons (Fsp3) is 0. The fourth-order valence-corrected chi connectivity index (χ4v) is 0.739. The van der Waals surface area contributed by atoms with Gasteiger partial charge in [0.1, 0.15) is 5.82 Å². The Labute approximate surface area is 62.2 Å². The Balaban J connectivity index is 3.07. The van der Waals surface area contributed by atoms with Gasteiger partial charge in [0.25, 0.3) is 0 Å². The summed E-state index contributed by atoms with van der Waals surface area (Å²) in [6.45, 7) is 0. The maximum absolute atomic E-state index is 12.5. The normalized spacial score (nSPS) is 9.50. The zero-order chi connectivity index (χ0) is 7.56. The van der Waals surface area contributed by atoms with Crippen molar-refractivity contribution < 1.29 is 9.60 Å². The Hall–Kier alpha value is -0.800. The molecule has 0 fully saturated rings. The number of rotatable bonds is 1. The number of hydrogen-bond donors (Lipinski definition) is 2. The first-order valence-electron chi connectivity index (χ1n) is 2.59. The number of hydrogen-bond acceptors (Lipinski definition) is 2. The van der Waals surface area contributed by atoms with E-state index in [9.17, 15) is 4.39 Å². The molecule has 0 unspecified atom stereocenters. The van der Waals surface area contributed by atoms with Gasteiger partial charge in [0.05, 0.1) is 5.69 Å². The minimum absolute atomic E-state index is 0.0180.